The molecule has 0 aromatic carbocycles. The average Bonchev–Trinajstić information content (AvgIpc) is 3.18. The van der Waals surface area contributed by atoms with E-state index in [2.05, 4.69) is 0 Å². The van der Waals surface area contributed by atoms with Crippen LogP contribution >= 0.6 is 0 Å². The highest BCUT2D eigenvalue weighted by Gasteiger charge is 2.53. The Morgan fingerprint density at radius 1 is 1.00 bits per heavy atom. The van der Waals surface area contributed by atoms with E-state index in [1.54, 1.807) is 24.3 Å². The summed E-state index contributed by atoms with van der Waals surface area (Å²) in [5.41, 5.74) is -0.468. The number of hydrogen-bond donors (Lipinski definition) is 0. The van der Waals surface area contributed by atoms with E-state index < -0.39 is 17.4 Å². The highest BCUT2D eigenvalue weighted by Crippen LogP contribution is 2.45. The third-order valence-corrected chi connectivity index (χ3v) is 4.03. The van der Waals surface area contributed by atoms with Crippen molar-refractivity contribution >= 4 is 11.9 Å². The molecule has 1 aliphatic rings. The molecule has 1 aliphatic carbocycles. The van der Waals surface area contributed by atoms with Crippen LogP contribution in [0.25, 0.3) is 0 Å². The van der Waals surface area contributed by atoms with E-state index in [9.17, 15) is 9.59 Å². The van der Waals surface area contributed by atoms with Crippen LogP contribution in [-0.4, -0.2) is 24.1 Å². The number of hydrogen-bond acceptors (Lipinski definition) is 6. The number of ether oxygens (including phenoxy) is 2. The standard InChI is InChI=1S/C16H16O6/c1-16(2)12(21-14(17)10-5-3-7-19-10)9-13(16)22-15(18)11-6-4-8-20-11/h3-8,12-13H,9H2,1-2H3/t12-,13+. The summed E-state index contributed by atoms with van der Waals surface area (Å²) >= 11 is 0. The van der Waals surface area contributed by atoms with Crippen molar-refractivity contribution < 1.29 is 27.9 Å². The van der Waals surface area contributed by atoms with Crippen LogP contribution in [0, 0.1) is 5.41 Å². The molecule has 1 saturated carbocycles. The minimum absolute atomic E-state index is 0.159. The molecule has 0 spiro atoms. The molecule has 2 heterocycles. The second kappa shape index (κ2) is 5.36. The number of carbonyl (C=O) groups excluding carboxylic acids is 2. The predicted octanol–water partition coefficient (Wildman–Crippen LogP) is 3.05. The normalized spacial score (nSPS) is 22.6. The van der Waals surface area contributed by atoms with Gasteiger partial charge in [-0.25, -0.2) is 9.59 Å². The summed E-state index contributed by atoms with van der Waals surface area (Å²) in [6, 6.07) is 6.33. The van der Waals surface area contributed by atoms with Crippen LogP contribution in [-0.2, 0) is 9.47 Å². The molecule has 0 N–H and O–H groups in total. The first kappa shape index (κ1) is 14.4. The van der Waals surface area contributed by atoms with E-state index in [1.807, 2.05) is 13.8 Å². The van der Waals surface area contributed by atoms with Crippen molar-refractivity contribution in [2.24, 2.45) is 5.41 Å². The van der Waals surface area contributed by atoms with E-state index in [1.165, 1.54) is 12.5 Å². The minimum atomic E-state index is -0.515. The molecule has 1 fully saturated rings. The molecule has 22 heavy (non-hydrogen) atoms. The summed E-state index contributed by atoms with van der Waals surface area (Å²) in [5, 5.41) is 0. The fraction of sp³-hybridized carbons (Fsp3) is 0.375. The molecular weight excluding hydrogens is 288 g/mol. The van der Waals surface area contributed by atoms with Crippen molar-refractivity contribution in [3.8, 4) is 0 Å². The van der Waals surface area contributed by atoms with Gasteiger partial charge in [-0.15, -0.1) is 0 Å². The predicted molar refractivity (Wildman–Crippen MR) is 74.2 cm³/mol. The van der Waals surface area contributed by atoms with Gasteiger partial charge >= 0.3 is 11.9 Å². The Hall–Kier alpha value is -2.50. The summed E-state index contributed by atoms with van der Waals surface area (Å²) < 4.78 is 20.8. The number of carbonyl (C=O) groups is 2. The molecular formula is C16H16O6. The van der Waals surface area contributed by atoms with Gasteiger partial charge in [0.05, 0.1) is 12.5 Å². The smallest absolute Gasteiger partial charge is 0.374 e. The van der Waals surface area contributed by atoms with Gasteiger partial charge in [-0.2, -0.15) is 0 Å². The lowest BCUT2D eigenvalue weighted by atomic mass is 9.66. The van der Waals surface area contributed by atoms with Crippen LogP contribution in [0.5, 0.6) is 0 Å². The van der Waals surface area contributed by atoms with E-state index in [0.29, 0.717) is 6.42 Å². The van der Waals surface area contributed by atoms with Gasteiger partial charge in [0.1, 0.15) is 12.2 Å². The van der Waals surface area contributed by atoms with Gasteiger partial charge in [-0.05, 0) is 24.3 Å². The zero-order valence-electron chi connectivity index (χ0n) is 12.3. The number of rotatable bonds is 4. The number of esters is 2. The fourth-order valence-corrected chi connectivity index (χ4v) is 2.41. The van der Waals surface area contributed by atoms with E-state index in [4.69, 9.17) is 18.3 Å². The first-order valence-electron chi connectivity index (χ1n) is 6.97. The minimum Gasteiger partial charge on any atom is -0.457 e. The maximum atomic E-state index is 11.9. The second-order valence-corrected chi connectivity index (χ2v) is 5.80. The van der Waals surface area contributed by atoms with Crippen LogP contribution in [0.3, 0.4) is 0 Å². The summed E-state index contributed by atoms with van der Waals surface area (Å²) in [4.78, 5) is 23.7. The monoisotopic (exact) mass is 304 g/mol. The first-order chi connectivity index (χ1) is 10.5. The Morgan fingerprint density at radius 2 is 1.45 bits per heavy atom. The molecule has 0 amide bonds. The van der Waals surface area contributed by atoms with Gasteiger partial charge in [-0.1, -0.05) is 13.8 Å². The zero-order valence-corrected chi connectivity index (χ0v) is 12.3. The molecule has 116 valence electrons. The molecule has 2 aromatic heterocycles. The molecule has 0 bridgehead atoms. The topological polar surface area (TPSA) is 78.9 Å². The van der Waals surface area contributed by atoms with E-state index >= 15 is 0 Å². The summed E-state index contributed by atoms with van der Waals surface area (Å²) in [6.45, 7) is 3.77. The molecule has 0 aliphatic heterocycles. The van der Waals surface area contributed by atoms with Crippen molar-refractivity contribution in [2.45, 2.75) is 32.5 Å². The average molecular weight is 304 g/mol. The molecule has 6 heteroatoms. The van der Waals surface area contributed by atoms with Crippen molar-refractivity contribution in [3.63, 3.8) is 0 Å². The van der Waals surface area contributed by atoms with Crippen LogP contribution in [0.1, 0.15) is 41.4 Å². The third-order valence-electron chi connectivity index (χ3n) is 4.03. The molecule has 3 rings (SSSR count). The van der Waals surface area contributed by atoms with Crippen molar-refractivity contribution in [3.05, 3.63) is 48.3 Å². The van der Waals surface area contributed by atoms with Crippen LogP contribution < -0.4 is 0 Å². The molecule has 2 atom stereocenters. The van der Waals surface area contributed by atoms with Gasteiger partial charge < -0.3 is 18.3 Å². The molecule has 0 unspecified atom stereocenters. The van der Waals surface area contributed by atoms with Crippen molar-refractivity contribution in [1.29, 1.82) is 0 Å². The van der Waals surface area contributed by atoms with Crippen molar-refractivity contribution in [2.75, 3.05) is 0 Å². The largest absolute Gasteiger partial charge is 0.457 e. The second-order valence-electron chi connectivity index (χ2n) is 5.80. The van der Waals surface area contributed by atoms with Gasteiger partial charge in [0, 0.05) is 11.8 Å². The quantitative estimate of drug-likeness (QED) is 0.808. The maximum absolute atomic E-state index is 11.9. The van der Waals surface area contributed by atoms with Gasteiger partial charge in [0.15, 0.2) is 0 Å². The highest BCUT2D eigenvalue weighted by molar-refractivity contribution is 5.87. The molecule has 2 aromatic rings. The van der Waals surface area contributed by atoms with E-state index in [0.717, 1.165) is 0 Å². The summed E-state index contributed by atoms with van der Waals surface area (Å²) in [6.07, 6.45) is 2.61. The van der Waals surface area contributed by atoms with Gasteiger partial charge in [-0.3, -0.25) is 0 Å². The van der Waals surface area contributed by atoms with Crippen LogP contribution in [0.4, 0.5) is 0 Å². The first-order valence-corrected chi connectivity index (χ1v) is 6.97. The molecule has 0 radical (unpaired) electrons. The number of furan rings is 2. The van der Waals surface area contributed by atoms with Crippen LogP contribution in [0.2, 0.25) is 0 Å². The van der Waals surface area contributed by atoms with Crippen LogP contribution in [0.15, 0.2) is 45.6 Å². The Balaban J connectivity index is 1.58. The SMILES string of the molecule is CC1(C)[C@@H](OC(=O)c2ccco2)C[C@H]1OC(=O)c1ccco1. The Kier molecular flexibility index (Phi) is 3.52. The Labute approximate surface area is 127 Å². The fourth-order valence-electron chi connectivity index (χ4n) is 2.41. The Morgan fingerprint density at radius 3 is 1.77 bits per heavy atom. The lowest BCUT2D eigenvalue weighted by Crippen LogP contribution is -2.56. The molecule has 0 saturated heterocycles. The van der Waals surface area contributed by atoms with Gasteiger partial charge in [0.2, 0.25) is 11.5 Å². The molecule has 6 nitrogen and oxygen atoms in total. The Bertz CT molecular complexity index is 597. The summed E-state index contributed by atoms with van der Waals surface area (Å²) in [7, 11) is 0. The third kappa shape index (κ3) is 2.52. The van der Waals surface area contributed by atoms with Crippen molar-refractivity contribution in [1.82, 2.24) is 0 Å². The highest BCUT2D eigenvalue weighted by atomic mass is 16.6. The zero-order chi connectivity index (χ0) is 15.7. The lowest BCUT2D eigenvalue weighted by molar-refractivity contribution is -0.155. The van der Waals surface area contributed by atoms with E-state index in [-0.39, 0.29) is 23.7 Å². The lowest BCUT2D eigenvalue weighted by Gasteiger charge is -2.49. The summed E-state index contributed by atoms with van der Waals surface area (Å²) in [5.74, 6) is -0.712. The van der Waals surface area contributed by atoms with Gasteiger partial charge in [0.25, 0.3) is 0 Å². The maximum Gasteiger partial charge on any atom is 0.374 e.